The molecule has 0 saturated heterocycles. The van der Waals surface area contributed by atoms with Crippen molar-refractivity contribution in [3.8, 4) is 16.9 Å². The van der Waals surface area contributed by atoms with Gasteiger partial charge in [0.25, 0.3) is 0 Å². The molecule has 6 nitrogen and oxygen atoms in total. The number of fused-ring (bicyclic) bond motifs is 2. The smallest absolute Gasteiger partial charge is 0.344 e. The fraction of sp³-hybridized carbons (Fsp3) is 0.0952. The monoisotopic (exact) mass is 430 g/mol. The molecule has 4 rings (SSSR count). The van der Waals surface area contributed by atoms with E-state index in [0.717, 1.165) is 0 Å². The van der Waals surface area contributed by atoms with Crippen molar-refractivity contribution in [2.45, 2.75) is 13.8 Å². The van der Waals surface area contributed by atoms with Gasteiger partial charge >= 0.3 is 17.2 Å². The summed E-state index contributed by atoms with van der Waals surface area (Å²) in [5.41, 5.74) is -0.0171. The average Bonchev–Trinajstić information content (AvgIpc) is 2.64. The van der Waals surface area contributed by atoms with Crippen LogP contribution < -0.4 is 16.0 Å². The summed E-state index contributed by atoms with van der Waals surface area (Å²) >= 11 is 12.2. The highest BCUT2D eigenvalue weighted by Crippen LogP contribution is 2.34. The zero-order chi connectivity index (χ0) is 20.9. The molecule has 146 valence electrons. The molecule has 0 saturated carbocycles. The Hall–Kier alpha value is -3.09. The van der Waals surface area contributed by atoms with Crippen LogP contribution in [-0.4, -0.2) is 5.97 Å². The van der Waals surface area contributed by atoms with Crippen LogP contribution in [0.3, 0.4) is 0 Å². The van der Waals surface area contributed by atoms with E-state index in [-0.39, 0.29) is 27.5 Å². The number of rotatable bonds is 2. The summed E-state index contributed by atoms with van der Waals surface area (Å²) in [6.45, 7) is 2.92. The van der Waals surface area contributed by atoms with Gasteiger partial charge in [0.2, 0.25) is 0 Å². The van der Waals surface area contributed by atoms with Crippen LogP contribution in [0.2, 0.25) is 10.0 Å². The second-order valence-corrected chi connectivity index (χ2v) is 7.24. The van der Waals surface area contributed by atoms with E-state index in [1.165, 1.54) is 19.1 Å². The summed E-state index contributed by atoms with van der Waals surface area (Å²) in [4.78, 5) is 36.2. The highest BCUT2D eigenvalue weighted by atomic mass is 35.5. The maximum atomic E-state index is 12.7. The molecule has 0 amide bonds. The van der Waals surface area contributed by atoms with Crippen LogP contribution in [0.1, 0.15) is 12.5 Å². The van der Waals surface area contributed by atoms with Gasteiger partial charge in [0.05, 0.1) is 10.6 Å². The number of carbonyl (C=O) groups excluding carboxylic acids is 1. The summed E-state index contributed by atoms with van der Waals surface area (Å²) in [5, 5.41) is 1.57. The molecule has 2 heterocycles. The van der Waals surface area contributed by atoms with Crippen molar-refractivity contribution in [2.24, 2.45) is 0 Å². The first-order chi connectivity index (χ1) is 13.7. The molecule has 0 unspecified atom stereocenters. The van der Waals surface area contributed by atoms with Crippen molar-refractivity contribution in [1.29, 1.82) is 0 Å². The molecule has 0 radical (unpaired) electrons. The SMILES string of the molecule is CC(=O)Oc1ccc2c(-c3cc4cc(Cl)cc(Cl)c4oc3=O)cc(=O)oc2c1C. The van der Waals surface area contributed by atoms with Crippen molar-refractivity contribution in [3.63, 3.8) is 0 Å². The fourth-order valence-electron chi connectivity index (χ4n) is 3.18. The molecular formula is C21H12Cl2O6. The zero-order valence-corrected chi connectivity index (χ0v) is 16.7. The third kappa shape index (κ3) is 3.41. The van der Waals surface area contributed by atoms with Crippen molar-refractivity contribution in [1.82, 2.24) is 0 Å². The summed E-state index contributed by atoms with van der Waals surface area (Å²) in [6, 6.07) is 9.01. The number of benzene rings is 2. The molecule has 0 spiro atoms. The lowest BCUT2D eigenvalue weighted by atomic mass is 10.0. The van der Waals surface area contributed by atoms with E-state index in [4.69, 9.17) is 36.8 Å². The topological polar surface area (TPSA) is 86.7 Å². The minimum Gasteiger partial charge on any atom is -0.426 e. The van der Waals surface area contributed by atoms with E-state index in [0.29, 0.717) is 26.9 Å². The van der Waals surface area contributed by atoms with Gasteiger partial charge < -0.3 is 13.6 Å². The molecule has 2 aromatic heterocycles. The first-order valence-electron chi connectivity index (χ1n) is 8.44. The number of halogens is 2. The molecule has 0 aliphatic heterocycles. The Bertz CT molecular complexity index is 1430. The molecule has 0 aliphatic carbocycles. The van der Waals surface area contributed by atoms with Crippen molar-refractivity contribution >= 4 is 51.1 Å². The Balaban J connectivity index is 2.05. The number of carbonyl (C=O) groups is 1. The van der Waals surface area contributed by atoms with E-state index in [9.17, 15) is 14.4 Å². The van der Waals surface area contributed by atoms with Crippen LogP contribution in [0, 0.1) is 6.92 Å². The van der Waals surface area contributed by atoms with Crippen LogP contribution in [0.4, 0.5) is 0 Å². The minimum atomic E-state index is -0.671. The first-order valence-corrected chi connectivity index (χ1v) is 9.19. The molecule has 0 aliphatic rings. The molecule has 0 bridgehead atoms. The standard InChI is InChI=1S/C21H12Cl2O6/c1-9-17(27-10(2)24)4-3-13-14(8-18(25)28-19(9)13)15-6-11-5-12(22)7-16(23)20(11)29-21(15)26/h3-8H,1-2H3. The number of aryl methyl sites for hydroxylation is 1. The Morgan fingerprint density at radius 1 is 0.966 bits per heavy atom. The molecule has 8 heteroatoms. The lowest BCUT2D eigenvalue weighted by Crippen LogP contribution is -2.08. The molecule has 0 N–H and O–H groups in total. The highest BCUT2D eigenvalue weighted by molar-refractivity contribution is 6.38. The van der Waals surface area contributed by atoms with Gasteiger partial charge in [-0.1, -0.05) is 23.2 Å². The second-order valence-electron chi connectivity index (χ2n) is 6.39. The Morgan fingerprint density at radius 2 is 1.72 bits per heavy atom. The van der Waals surface area contributed by atoms with E-state index in [2.05, 4.69) is 0 Å². The largest absolute Gasteiger partial charge is 0.426 e. The average molecular weight is 431 g/mol. The normalized spacial score (nSPS) is 11.2. The first kappa shape index (κ1) is 19.2. The van der Waals surface area contributed by atoms with Gasteiger partial charge in [0.1, 0.15) is 11.3 Å². The lowest BCUT2D eigenvalue weighted by molar-refractivity contribution is -0.131. The third-order valence-corrected chi connectivity index (χ3v) is 4.91. The maximum absolute atomic E-state index is 12.7. The second kappa shape index (κ2) is 7.06. The van der Waals surface area contributed by atoms with Crippen molar-refractivity contribution < 1.29 is 18.4 Å². The van der Waals surface area contributed by atoms with Crippen LogP contribution >= 0.6 is 23.2 Å². The summed E-state index contributed by atoms with van der Waals surface area (Å²) < 4.78 is 15.8. The van der Waals surface area contributed by atoms with E-state index in [1.807, 2.05) is 0 Å². The summed E-state index contributed by atoms with van der Waals surface area (Å²) in [7, 11) is 0. The Morgan fingerprint density at radius 3 is 2.45 bits per heavy atom. The molecule has 29 heavy (non-hydrogen) atoms. The number of esters is 1. The van der Waals surface area contributed by atoms with E-state index in [1.54, 1.807) is 31.2 Å². The van der Waals surface area contributed by atoms with Crippen molar-refractivity contribution in [3.05, 3.63) is 72.8 Å². The number of hydrogen-bond acceptors (Lipinski definition) is 6. The minimum absolute atomic E-state index is 0.147. The van der Waals surface area contributed by atoms with E-state index < -0.39 is 17.2 Å². The van der Waals surface area contributed by atoms with Crippen molar-refractivity contribution in [2.75, 3.05) is 0 Å². The van der Waals surface area contributed by atoms with Crippen LogP contribution in [0.5, 0.6) is 5.75 Å². The van der Waals surface area contributed by atoms with Gasteiger partial charge in [-0.2, -0.15) is 0 Å². The predicted molar refractivity (Wildman–Crippen MR) is 110 cm³/mol. The Labute approximate surface area is 173 Å². The van der Waals surface area contributed by atoms with Gasteiger partial charge in [0, 0.05) is 39.9 Å². The lowest BCUT2D eigenvalue weighted by Gasteiger charge is -2.11. The molecule has 0 fully saturated rings. The molecule has 4 aromatic rings. The van der Waals surface area contributed by atoms with Crippen LogP contribution in [0.15, 0.2) is 54.8 Å². The predicted octanol–water partition coefficient (Wildman–Crippen LogP) is 5.11. The third-order valence-electron chi connectivity index (χ3n) is 4.41. The maximum Gasteiger partial charge on any atom is 0.344 e. The van der Waals surface area contributed by atoms with Crippen LogP contribution in [-0.2, 0) is 4.79 Å². The van der Waals surface area contributed by atoms with Crippen LogP contribution in [0.25, 0.3) is 33.1 Å². The van der Waals surface area contributed by atoms with E-state index >= 15 is 0 Å². The Kier molecular flexibility index (Phi) is 4.68. The zero-order valence-electron chi connectivity index (χ0n) is 15.2. The van der Waals surface area contributed by atoms with Gasteiger partial charge in [-0.3, -0.25) is 4.79 Å². The molecular weight excluding hydrogens is 419 g/mol. The number of hydrogen-bond donors (Lipinski definition) is 0. The molecule has 0 atom stereocenters. The van der Waals surface area contributed by atoms with Gasteiger partial charge in [-0.15, -0.1) is 0 Å². The van der Waals surface area contributed by atoms with Gasteiger partial charge in [-0.25, -0.2) is 9.59 Å². The van der Waals surface area contributed by atoms with Gasteiger partial charge in [-0.05, 0) is 37.3 Å². The number of ether oxygens (including phenoxy) is 1. The highest BCUT2D eigenvalue weighted by Gasteiger charge is 2.18. The summed E-state index contributed by atoms with van der Waals surface area (Å²) in [5.74, 6) is -0.246. The fourth-order valence-corrected chi connectivity index (χ4v) is 3.72. The molecule has 2 aromatic carbocycles. The van der Waals surface area contributed by atoms with Gasteiger partial charge in [0.15, 0.2) is 5.58 Å². The summed E-state index contributed by atoms with van der Waals surface area (Å²) in [6.07, 6.45) is 0. The quantitative estimate of drug-likeness (QED) is 0.249.